The summed E-state index contributed by atoms with van der Waals surface area (Å²) in [4.78, 5) is 5.30. The Morgan fingerprint density at radius 1 is 1.09 bits per heavy atom. The lowest BCUT2D eigenvalue weighted by Gasteiger charge is -2.45. The summed E-state index contributed by atoms with van der Waals surface area (Å²) in [6.45, 7) is 20.0. The summed E-state index contributed by atoms with van der Waals surface area (Å²) in [5.41, 5.74) is 0.280. The van der Waals surface area contributed by atoms with E-state index in [2.05, 4.69) is 62.0 Å². The smallest absolute Gasteiger partial charge is 0.0281 e. The third kappa shape index (κ3) is 4.92. The minimum absolute atomic E-state index is 0.280. The normalized spacial score (nSPS) is 36.7. The molecule has 4 atom stereocenters. The molecule has 4 nitrogen and oxygen atoms in total. The molecule has 130 valence electrons. The number of hydrogen-bond acceptors (Lipinski definition) is 4. The number of nitrogens with zero attached hydrogens (tertiary/aromatic N) is 2. The summed E-state index contributed by atoms with van der Waals surface area (Å²) in [6.07, 6.45) is 2.55. The highest BCUT2D eigenvalue weighted by atomic mass is 15.2. The summed E-state index contributed by atoms with van der Waals surface area (Å²) in [7, 11) is 0. The van der Waals surface area contributed by atoms with Gasteiger partial charge in [0, 0.05) is 62.4 Å². The highest BCUT2D eigenvalue weighted by molar-refractivity contribution is 4.93. The van der Waals surface area contributed by atoms with Gasteiger partial charge < -0.3 is 10.6 Å². The zero-order valence-corrected chi connectivity index (χ0v) is 15.7. The molecule has 0 radical (unpaired) electrons. The van der Waals surface area contributed by atoms with Crippen LogP contribution in [0.25, 0.3) is 0 Å². The number of piperazine rings is 2. The second-order valence-corrected chi connectivity index (χ2v) is 8.36. The standard InChI is InChI=1S/C18H38N4/c1-14(2)21-10-9-19-18(6,13-21)8-7-17(5)22-11-15(3)20-16(4)12-22/h14-17,19-20H,7-13H2,1-6H3/t15?,16?,17-,18?/m1/s1. The topological polar surface area (TPSA) is 30.5 Å². The predicted octanol–water partition coefficient (Wildman–Crippen LogP) is 1.91. The quantitative estimate of drug-likeness (QED) is 0.812. The highest BCUT2D eigenvalue weighted by Gasteiger charge is 2.32. The molecule has 0 aromatic carbocycles. The van der Waals surface area contributed by atoms with Crippen molar-refractivity contribution in [3.05, 3.63) is 0 Å². The Labute approximate surface area is 138 Å². The molecule has 3 unspecified atom stereocenters. The van der Waals surface area contributed by atoms with E-state index in [0.29, 0.717) is 24.2 Å². The van der Waals surface area contributed by atoms with Crippen molar-refractivity contribution in [2.75, 3.05) is 32.7 Å². The Kier molecular flexibility index (Phi) is 6.29. The lowest BCUT2D eigenvalue weighted by molar-refractivity contribution is 0.0875. The maximum absolute atomic E-state index is 3.78. The average molecular weight is 311 g/mol. The van der Waals surface area contributed by atoms with Gasteiger partial charge in [-0.05, 0) is 54.4 Å². The van der Waals surface area contributed by atoms with Gasteiger partial charge in [0.2, 0.25) is 0 Å². The first-order valence-corrected chi connectivity index (χ1v) is 9.28. The van der Waals surface area contributed by atoms with E-state index >= 15 is 0 Å². The van der Waals surface area contributed by atoms with Crippen molar-refractivity contribution < 1.29 is 0 Å². The van der Waals surface area contributed by atoms with Crippen LogP contribution in [0.5, 0.6) is 0 Å². The van der Waals surface area contributed by atoms with Gasteiger partial charge in [-0.15, -0.1) is 0 Å². The Morgan fingerprint density at radius 2 is 1.73 bits per heavy atom. The summed E-state index contributed by atoms with van der Waals surface area (Å²) in [6, 6.07) is 2.57. The SMILES string of the molecule is CC1CN([C@H](C)CCC2(C)CN(C(C)C)CCN2)CC(C)N1. The van der Waals surface area contributed by atoms with E-state index in [1.54, 1.807) is 0 Å². The molecule has 2 fully saturated rings. The first-order valence-electron chi connectivity index (χ1n) is 9.28. The fourth-order valence-electron chi connectivity index (χ4n) is 4.13. The zero-order chi connectivity index (χ0) is 16.3. The minimum atomic E-state index is 0.280. The molecule has 22 heavy (non-hydrogen) atoms. The van der Waals surface area contributed by atoms with Crippen molar-refractivity contribution >= 4 is 0 Å². The number of rotatable bonds is 5. The largest absolute Gasteiger partial charge is 0.309 e. The third-order valence-corrected chi connectivity index (χ3v) is 5.56. The molecular formula is C18H38N4. The predicted molar refractivity (Wildman–Crippen MR) is 95.4 cm³/mol. The Hall–Kier alpha value is -0.160. The van der Waals surface area contributed by atoms with Gasteiger partial charge in [-0.25, -0.2) is 0 Å². The highest BCUT2D eigenvalue weighted by Crippen LogP contribution is 2.22. The Bertz CT molecular complexity index is 336. The second kappa shape index (κ2) is 7.61. The van der Waals surface area contributed by atoms with Crippen LogP contribution < -0.4 is 10.6 Å². The van der Waals surface area contributed by atoms with Crippen LogP contribution in [0.2, 0.25) is 0 Å². The third-order valence-electron chi connectivity index (χ3n) is 5.56. The molecule has 2 saturated heterocycles. The molecule has 0 bridgehead atoms. The summed E-state index contributed by atoms with van der Waals surface area (Å²) in [5, 5.41) is 7.42. The monoisotopic (exact) mass is 310 g/mol. The fourth-order valence-corrected chi connectivity index (χ4v) is 4.13. The van der Waals surface area contributed by atoms with Crippen molar-refractivity contribution in [2.24, 2.45) is 0 Å². The van der Waals surface area contributed by atoms with E-state index in [-0.39, 0.29) is 5.54 Å². The van der Waals surface area contributed by atoms with Gasteiger partial charge in [0.05, 0.1) is 0 Å². The number of hydrogen-bond donors (Lipinski definition) is 2. The lowest BCUT2D eigenvalue weighted by atomic mass is 9.90. The van der Waals surface area contributed by atoms with Crippen LogP contribution in [0.1, 0.15) is 54.4 Å². The summed E-state index contributed by atoms with van der Waals surface area (Å²) < 4.78 is 0. The molecule has 2 aliphatic heterocycles. The molecule has 0 aliphatic carbocycles. The minimum Gasteiger partial charge on any atom is -0.309 e. The molecule has 2 N–H and O–H groups in total. The van der Waals surface area contributed by atoms with Crippen LogP contribution in [-0.4, -0.2) is 72.2 Å². The Morgan fingerprint density at radius 3 is 2.32 bits per heavy atom. The van der Waals surface area contributed by atoms with Gasteiger partial charge >= 0.3 is 0 Å². The molecular weight excluding hydrogens is 272 g/mol. The first kappa shape index (κ1) is 18.2. The maximum atomic E-state index is 3.78. The van der Waals surface area contributed by atoms with Gasteiger partial charge in [0.25, 0.3) is 0 Å². The Balaban J connectivity index is 1.83. The zero-order valence-electron chi connectivity index (χ0n) is 15.7. The molecule has 0 amide bonds. The molecule has 0 spiro atoms. The van der Waals surface area contributed by atoms with Crippen LogP contribution >= 0.6 is 0 Å². The molecule has 2 heterocycles. The van der Waals surface area contributed by atoms with Crippen LogP contribution in [0.4, 0.5) is 0 Å². The van der Waals surface area contributed by atoms with E-state index in [1.165, 1.54) is 39.0 Å². The van der Waals surface area contributed by atoms with Crippen molar-refractivity contribution in [1.29, 1.82) is 0 Å². The van der Waals surface area contributed by atoms with Crippen LogP contribution in [0.3, 0.4) is 0 Å². The van der Waals surface area contributed by atoms with E-state index in [1.807, 2.05) is 0 Å². The van der Waals surface area contributed by atoms with Crippen molar-refractivity contribution in [3.63, 3.8) is 0 Å². The second-order valence-electron chi connectivity index (χ2n) is 8.36. The van der Waals surface area contributed by atoms with Gasteiger partial charge in [0.15, 0.2) is 0 Å². The molecule has 0 saturated carbocycles. The van der Waals surface area contributed by atoms with Gasteiger partial charge in [0.1, 0.15) is 0 Å². The maximum Gasteiger partial charge on any atom is 0.0281 e. The van der Waals surface area contributed by atoms with E-state index in [9.17, 15) is 0 Å². The van der Waals surface area contributed by atoms with Gasteiger partial charge in [-0.3, -0.25) is 9.80 Å². The van der Waals surface area contributed by atoms with Crippen LogP contribution in [-0.2, 0) is 0 Å². The van der Waals surface area contributed by atoms with Crippen molar-refractivity contribution in [3.8, 4) is 0 Å². The van der Waals surface area contributed by atoms with Gasteiger partial charge in [-0.1, -0.05) is 0 Å². The molecule has 0 aromatic rings. The molecule has 2 rings (SSSR count). The molecule has 2 aliphatic rings. The number of nitrogens with one attached hydrogen (secondary N) is 2. The van der Waals surface area contributed by atoms with E-state index < -0.39 is 0 Å². The average Bonchev–Trinajstić information content (AvgIpc) is 2.44. The lowest BCUT2D eigenvalue weighted by Crippen LogP contribution is -2.61. The summed E-state index contributed by atoms with van der Waals surface area (Å²) >= 11 is 0. The van der Waals surface area contributed by atoms with E-state index in [0.717, 1.165) is 6.54 Å². The van der Waals surface area contributed by atoms with Crippen molar-refractivity contribution in [2.45, 2.75) is 84.1 Å². The van der Waals surface area contributed by atoms with Gasteiger partial charge in [-0.2, -0.15) is 0 Å². The summed E-state index contributed by atoms with van der Waals surface area (Å²) in [5.74, 6) is 0. The first-order chi connectivity index (χ1) is 10.3. The molecule has 4 heteroatoms. The van der Waals surface area contributed by atoms with Crippen LogP contribution in [0, 0.1) is 0 Å². The van der Waals surface area contributed by atoms with Crippen LogP contribution in [0.15, 0.2) is 0 Å². The van der Waals surface area contributed by atoms with Crippen molar-refractivity contribution in [1.82, 2.24) is 20.4 Å². The van der Waals surface area contributed by atoms with E-state index in [4.69, 9.17) is 0 Å². The molecule has 0 aromatic heterocycles. The fraction of sp³-hybridized carbons (Fsp3) is 1.00.